The van der Waals surface area contributed by atoms with Crippen molar-refractivity contribution < 1.29 is 4.79 Å². The molecule has 0 aromatic carbocycles. The summed E-state index contributed by atoms with van der Waals surface area (Å²) in [4.78, 5) is 11.8. The first-order chi connectivity index (χ1) is 8.35. The molecule has 0 heterocycles. The minimum Gasteiger partial charge on any atom is -0.342 e. The zero-order valence-corrected chi connectivity index (χ0v) is 12.3. The Balaban J connectivity index is 4.20. The quantitative estimate of drug-likeness (QED) is 0.683. The molecule has 0 saturated heterocycles. The molecule has 104 valence electrons. The summed E-state index contributed by atoms with van der Waals surface area (Å²) in [7, 11) is 0. The van der Waals surface area contributed by atoms with E-state index in [1.807, 2.05) is 6.92 Å². The van der Waals surface area contributed by atoms with Gasteiger partial charge in [0.05, 0.1) is 6.04 Å². The molecule has 18 heavy (non-hydrogen) atoms. The van der Waals surface area contributed by atoms with Gasteiger partial charge in [-0.25, -0.2) is 0 Å². The smallest absolute Gasteiger partial charge is 0.220 e. The summed E-state index contributed by atoms with van der Waals surface area (Å²) >= 11 is 0. The standard InChI is InChI=1S/C15H28N2O/c1-6-13(7-2)17-14(18)9-8-12(10-11-16)15(3,4)5/h1,12-13H,7-11,16H2,2-5H3,(H,17,18). The lowest BCUT2D eigenvalue weighted by Crippen LogP contribution is -2.34. The first-order valence-corrected chi connectivity index (χ1v) is 6.80. The number of nitrogens with two attached hydrogens (primary N) is 1. The fraction of sp³-hybridized carbons (Fsp3) is 0.800. The van der Waals surface area contributed by atoms with Crippen molar-refractivity contribution in [3.8, 4) is 12.3 Å². The van der Waals surface area contributed by atoms with Crippen LogP contribution in [0.15, 0.2) is 0 Å². The fourth-order valence-corrected chi connectivity index (χ4v) is 2.04. The van der Waals surface area contributed by atoms with Gasteiger partial charge >= 0.3 is 0 Å². The van der Waals surface area contributed by atoms with Crippen LogP contribution in [-0.4, -0.2) is 18.5 Å². The molecule has 0 aliphatic heterocycles. The number of carbonyl (C=O) groups excluding carboxylic acids is 1. The third-order valence-electron chi connectivity index (χ3n) is 3.40. The van der Waals surface area contributed by atoms with Gasteiger partial charge < -0.3 is 11.1 Å². The van der Waals surface area contributed by atoms with E-state index in [2.05, 4.69) is 32.0 Å². The summed E-state index contributed by atoms with van der Waals surface area (Å²) in [5.41, 5.74) is 5.82. The first-order valence-electron chi connectivity index (χ1n) is 6.80. The van der Waals surface area contributed by atoms with Gasteiger partial charge in [0, 0.05) is 6.42 Å². The van der Waals surface area contributed by atoms with Crippen LogP contribution in [0.4, 0.5) is 0 Å². The van der Waals surface area contributed by atoms with Crippen LogP contribution in [0.5, 0.6) is 0 Å². The number of hydrogen-bond donors (Lipinski definition) is 2. The van der Waals surface area contributed by atoms with Crippen LogP contribution in [0.2, 0.25) is 0 Å². The lowest BCUT2D eigenvalue weighted by molar-refractivity contribution is -0.121. The Kier molecular flexibility index (Phi) is 7.70. The third-order valence-corrected chi connectivity index (χ3v) is 3.40. The predicted octanol–water partition coefficient (Wildman–Crippen LogP) is 2.31. The molecule has 3 nitrogen and oxygen atoms in total. The second-order valence-corrected chi connectivity index (χ2v) is 5.87. The normalized spacial score (nSPS) is 14.7. The van der Waals surface area contributed by atoms with Gasteiger partial charge in [-0.15, -0.1) is 6.42 Å². The highest BCUT2D eigenvalue weighted by atomic mass is 16.1. The molecule has 0 aromatic heterocycles. The summed E-state index contributed by atoms with van der Waals surface area (Å²) in [5.74, 6) is 3.09. The van der Waals surface area contributed by atoms with Crippen LogP contribution >= 0.6 is 0 Å². The minimum atomic E-state index is -0.139. The van der Waals surface area contributed by atoms with Gasteiger partial charge in [0.1, 0.15) is 0 Å². The molecule has 0 fully saturated rings. The molecule has 0 aliphatic rings. The highest BCUT2D eigenvalue weighted by Crippen LogP contribution is 2.31. The largest absolute Gasteiger partial charge is 0.342 e. The van der Waals surface area contributed by atoms with Gasteiger partial charge in [-0.1, -0.05) is 33.6 Å². The van der Waals surface area contributed by atoms with Gasteiger partial charge in [-0.05, 0) is 37.1 Å². The molecular weight excluding hydrogens is 224 g/mol. The molecule has 0 rings (SSSR count). The topological polar surface area (TPSA) is 55.1 Å². The number of nitrogens with one attached hydrogen (secondary N) is 1. The Morgan fingerprint density at radius 2 is 2.00 bits per heavy atom. The number of terminal acetylenes is 1. The number of hydrogen-bond acceptors (Lipinski definition) is 2. The van der Waals surface area contributed by atoms with Crippen LogP contribution in [0, 0.1) is 23.7 Å². The second-order valence-electron chi connectivity index (χ2n) is 5.87. The van der Waals surface area contributed by atoms with E-state index < -0.39 is 0 Å². The molecule has 0 bridgehead atoms. The Bertz CT molecular complexity index is 286. The van der Waals surface area contributed by atoms with Gasteiger partial charge in [0.15, 0.2) is 0 Å². The van der Waals surface area contributed by atoms with Crippen molar-refractivity contribution in [2.24, 2.45) is 17.1 Å². The molecule has 0 radical (unpaired) electrons. The summed E-state index contributed by atoms with van der Waals surface area (Å²) in [6.45, 7) is 9.23. The van der Waals surface area contributed by atoms with E-state index in [-0.39, 0.29) is 17.4 Å². The molecule has 0 aromatic rings. The van der Waals surface area contributed by atoms with E-state index in [9.17, 15) is 4.79 Å². The fourth-order valence-electron chi connectivity index (χ4n) is 2.04. The summed E-state index contributed by atoms with van der Waals surface area (Å²) in [6, 6.07) is -0.139. The van der Waals surface area contributed by atoms with Crippen LogP contribution in [-0.2, 0) is 4.79 Å². The Labute approximate surface area is 112 Å². The highest BCUT2D eigenvalue weighted by Gasteiger charge is 2.24. The van der Waals surface area contributed by atoms with Gasteiger partial charge in [0.2, 0.25) is 5.91 Å². The van der Waals surface area contributed by atoms with E-state index >= 15 is 0 Å². The predicted molar refractivity (Wildman–Crippen MR) is 76.9 cm³/mol. The van der Waals surface area contributed by atoms with Crippen LogP contribution < -0.4 is 11.1 Å². The lowest BCUT2D eigenvalue weighted by Gasteiger charge is -2.30. The van der Waals surface area contributed by atoms with Crippen molar-refractivity contribution in [3.63, 3.8) is 0 Å². The molecule has 2 unspecified atom stereocenters. The Morgan fingerprint density at radius 1 is 1.39 bits per heavy atom. The monoisotopic (exact) mass is 252 g/mol. The zero-order valence-electron chi connectivity index (χ0n) is 12.3. The minimum absolute atomic E-state index is 0.0473. The van der Waals surface area contributed by atoms with Crippen molar-refractivity contribution in [1.82, 2.24) is 5.32 Å². The van der Waals surface area contributed by atoms with E-state index in [4.69, 9.17) is 12.2 Å². The van der Waals surface area contributed by atoms with Crippen LogP contribution in [0.25, 0.3) is 0 Å². The molecule has 0 saturated carbocycles. The van der Waals surface area contributed by atoms with Crippen molar-refractivity contribution in [2.45, 2.75) is 59.4 Å². The molecule has 0 spiro atoms. The van der Waals surface area contributed by atoms with E-state index in [1.165, 1.54) is 0 Å². The third kappa shape index (κ3) is 6.66. The average molecular weight is 252 g/mol. The second kappa shape index (κ2) is 8.16. The van der Waals surface area contributed by atoms with Crippen molar-refractivity contribution in [2.75, 3.05) is 6.54 Å². The molecule has 2 atom stereocenters. The first kappa shape index (κ1) is 17.0. The van der Waals surface area contributed by atoms with Gasteiger partial charge in [0.25, 0.3) is 0 Å². The van der Waals surface area contributed by atoms with E-state index in [0.29, 0.717) is 18.9 Å². The summed E-state index contributed by atoms with van der Waals surface area (Å²) in [5, 5.41) is 2.86. The highest BCUT2D eigenvalue weighted by molar-refractivity contribution is 5.76. The van der Waals surface area contributed by atoms with Crippen molar-refractivity contribution in [1.29, 1.82) is 0 Å². The number of carbonyl (C=O) groups is 1. The van der Waals surface area contributed by atoms with E-state index in [1.54, 1.807) is 0 Å². The molecule has 1 amide bonds. The molecular formula is C15H28N2O. The molecule has 0 aliphatic carbocycles. The Morgan fingerprint density at radius 3 is 2.39 bits per heavy atom. The molecule has 3 N–H and O–H groups in total. The van der Waals surface area contributed by atoms with Crippen molar-refractivity contribution in [3.05, 3.63) is 0 Å². The summed E-state index contributed by atoms with van der Waals surface area (Å²) in [6.07, 6.45) is 8.45. The summed E-state index contributed by atoms with van der Waals surface area (Å²) < 4.78 is 0. The molecule has 3 heteroatoms. The van der Waals surface area contributed by atoms with Gasteiger partial charge in [-0.2, -0.15) is 0 Å². The average Bonchev–Trinajstić information content (AvgIpc) is 2.29. The number of amides is 1. The lowest BCUT2D eigenvalue weighted by atomic mass is 9.76. The maximum absolute atomic E-state index is 11.8. The van der Waals surface area contributed by atoms with Crippen molar-refractivity contribution >= 4 is 5.91 Å². The van der Waals surface area contributed by atoms with E-state index in [0.717, 1.165) is 19.3 Å². The maximum Gasteiger partial charge on any atom is 0.220 e. The SMILES string of the molecule is C#CC(CC)NC(=O)CCC(CCN)C(C)(C)C. The maximum atomic E-state index is 11.8. The van der Waals surface area contributed by atoms with Crippen LogP contribution in [0.1, 0.15) is 53.4 Å². The zero-order chi connectivity index (χ0) is 14.2. The van der Waals surface area contributed by atoms with Gasteiger partial charge in [-0.3, -0.25) is 4.79 Å². The Hall–Kier alpha value is -1.01. The van der Waals surface area contributed by atoms with Crippen LogP contribution in [0.3, 0.4) is 0 Å². The number of rotatable bonds is 7.